The topological polar surface area (TPSA) is 50.7 Å². The van der Waals surface area contributed by atoms with Gasteiger partial charge in [-0.2, -0.15) is 5.10 Å². The van der Waals surface area contributed by atoms with E-state index >= 15 is 0 Å². The summed E-state index contributed by atoms with van der Waals surface area (Å²) in [6, 6.07) is 10.9. The van der Waals surface area contributed by atoms with Crippen molar-refractivity contribution in [2.24, 2.45) is 5.10 Å². The van der Waals surface area contributed by atoms with Crippen molar-refractivity contribution in [3.63, 3.8) is 0 Å². The van der Waals surface area contributed by atoms with Crippen molar-refractivity contribution in [1.29, 1.82) is 0 Å². The first-order valence-corrected chi connectivity index (χ1v) is 7.69. The molecule has 0 aliphatic carbocycles. The molecule has 0 saturated heterocycles. The molecule has 4 nitrogen and oxygen atoms in total. The normalized spacial score (nSPS) is 10.8. The fraction of sp³-hybridized carbons (Fsp3) is 0.176. The average Bonchev–Trinajstić information content (AvgIpc) is 2.49. The third-order valence-electron chi connectivity index (χ3n) is 3.07. The van der Waals surface area contributed by atoms with Crippen LogP contribution in [0.2, 0.25) is 10.0 Å². The van der Waals surface area contributed by atoms with E-state index in [4.69, 9.17) is 27.9 Å². The van der Waals surface area contributed by atoms with E-state index in [9.17, 15) is 4.79 Å². The summed E-state index contributed by atoms with van der Waals surface area (Å²) in [4.78, 5) is 11.7. The number of halogens is 2. The van der Waals surface area contributed by atoms with E-state index in [0.29, 0.717) is 21.4 Å². The quantitative estimate of drug-likeness (QED) is 0.650. The van der Waals surface area contributed by atoms with Crippen molar-refractivity contribution in [1.82, 2.24) is 5.43 Å². The van der Waals surface area contributed by atoms with Crippen LogP contribution >= 0.6 is 23.2 Å². The molecule has 0 radical (unpaired) electrons. The zero-order chi connectivity index (χ0) is 16.8. The van der Waals surface area contributed by atoms with E-state index in [1.807, 2.05) is 32.0 Å². The second-order valence-corrected chi connectivity index (χ2v) is 5.80. The van der Waals surface area contributed by atoms with Gasteiger partial charge in [0.2, 0.25) is 0 Å². The van der Waals surface area contributed by atoms with Gasteiger partial charge in [0.1, 0.15) is 5.75 Å². The highest BCUT2D eigenvalue weighted by molar-refractivity contribution is 6.38. The number of amides is 1. The van der Waals surface area contributed by atoms with E-state index in [0.717, 1.165) is 11.1 Å². The van der Waals surface area contributed by atoms with Crippen LogP contribution < -0.4 is 10.2 Å². The Kier molecular flexibility index (Phi) is 6.02. The second-order valence-electron chi connectivity index (χ2n) is 4.99. The molecule has 0 saturated carbocycles. The molecule has 6 heteroatoms. The molecule has 0 bridgehead atoms. The maximum Gasteiger partial charge on any atom is 0.277 e. The maximum atomic E-state index is 11.7. The average molecular weight is 351 g/mol. The number of benzene rings is 2. The highest BCUT2D eigenvalue weighted by Crippen LogP contribution is 2.22. The number of rotatable bonds is 5. The summed E-state index contributed by atoms with van der Waals surface area (Å²) in [6.07, 6.45) is 1.40. The Hall–Kier alpha value is -2.04. The van der Waals surface area contributed by atoms with E-state index in [1.165, 1.54) is 6.21 Å². The van der Waals surface area contributed by atoms with Crippen molar-refractivity contribution in [2.75, 3.05) is 6.61 Å². The fourth-order valence-electron chi connectivity index (χ4n) is 1.94. The van der Waals surface area contributed by atoms with Crippen LogP contribution in [-0.2, 0) is 4.79 Å². The molecule has 23 heavy (non-hydrogen) atoms. The molecule has 1 amide bonds. The molecule has 0 atom stereocenters. The lowest BCUT2D eigenvalue weighted by atomic mass is 10.1. The van der Waals surface area contributed by atoms with Gasteiger partial charge < -0.3 is 4.74 Å². The first-order chi connectivity index (χ1) is 11.0. The smallest absolute Gasteiger partial charge is 0.277 e. The summed E-state index contributed by atoms with van der Waals surface area (Å²) in [5.74, 6) is 0.299. The minimum Gasteiger partial charge on any atom is -0.483 e. The minimum absolute atomic E-state index is 0.127. The van der Waals surface area contributed by atoms with Gasteiger partial charge in [-0.3, -0.25) is 4.79 Å². The lowest BCUT2D eigenvalue weighted by molar-refractivity contribution is -0.123. The monoisotopic (exact) mass is 350 g/mol. The third kappa shape index (κ3) is 4.98. The number of hydrazone groups is 1. The van der Waals surface area contributed by atoms with Crippen molar-refractivity contribution >= 4 is 35.3 Å². The largest absolute Gasteiger partial charge is 0.483 e. The lowest BCUT2D eigenvalue weighted by Crippen LogP contribution is -2.24. The number of hydrogen-bond acceptors (Lipinski definition) is 3. The predicted octanol–water partition coefficient (Wildman–Crippen LogP) is 4.14. The van der Waals surface area contributed by atoms with Crippen LogP contribution in [0, 0.1) is 13.8 Å². The molecule has 120 valence electrons. The minimum atomic E-state index is -0.371. The summed E-state index contributed by atoms with van der Waals surface area (Å²) in [6.45, 7) is 3.80. The summed E-state index contributed by atoms with van der Waals surface area (Å²) >= 11 is 12.0. The van der Waals surface area contributed by atoms with Crippen molar-refractivity contribution in [3.8, 4) is 5.75 Å². The van der Waals surface area contributed by atoms with Crippen LogP contribution in [0.15, 0.2) is 41.5 Å². The molecule has 0 aliphatic rings. The zero-order valence-corrected chi connectivity index (χ0v) is 14.3. The molecule has 0 spiro atoms. The molecular formula is C17H16Cl2N2O2. The summed E-state index contributed by atoms with van der Waals surface area (Å²) in [7, 11) is 0. The Morgan fingerprint density at radius 2 is 1.91 bits per heavy atom. The molecular weight excluding hydrogens is 335 g/mol. The van der Waals surface area contributed by atoms with Gasteiger partial charge in [0.15, 0.2) is 6.61 Å². The Morgan fingerprint density at radius 3 is 2.57 bits per heavy atom. The highest BCUT2D eigenvalue weighted by atomic mass is 35.5. The number of ether oxygens (including phenoxy) is 1. The predicted molar refractivity (Wildman–Crippen MR) is 93.6 cm³/mol. The fourth-order valence-corrected chi connectivity index (χ4v) is 2.43. The van der Waals surface area contributed by atoms with Crippen molar-refractivity contribution in [3.05, 3.63) is 63.1 Å². The third-order valence-corrected chi connectivity index (χ3v) is 3.73. The van der Waals surface area contributed by atoms with Gasteiger partial charge in [-0.25, -0.2) is 5.43 Å². The number of carbonyl (C=O) groups is 1. The van der Waals surface area contributed by atoms with E-state index in [1.54, 1.807) is 18.2 Å². The van der Waals surface area contributed by atoms with Gasteiger partial charge >= 0.3 is 0 Å². The van der Waals surface area contributed by atoms with Crippen LogP contribution in [0.5, 0.6) is 5.75 Å². The zero-order valence-electron chi connectivity index (χ0n) is 12.8. The number of aryl methyl sites for hydroxylation is 2. The molecule has 1 N–H and O–H groups in total. The first-order valence-electron chi connectivity index (χ1n) is 6.93. The van der Waals surface area contributed by atoms with Gasteiger partial charge in [0.05, 0.1) is 16.3 Å². The Morgan fingerprint density at radius 1 is 1.22 bits per heavy atom. The van der Waals surface area contributed by atoms with E-state index in [2.05, 4.69) is 10.5 Å². The molecule has 2 aromatic rings. The van der Waals surface area contributed by atoms with Crippen molar-refractivity contribution in [2.45, 2.75) is 13.8 Å². The number of nitrogens with one attached hydrogen (secondary N) is 1. The summed E-state index contributed by atoms with van der Waals surface area (Å²) < 4.78 is 5.47. The Labute approximate surface area is 145 Å². The van der Waals surface area contributed by atoms with Gasteiger partial charge in [-0.15, -0.1) is 0 Å². The van der Waals surface area contributed by atoms with Gasteiger partial charge in [-0.1, -0.05) is 47.0 Å². The van der Waals surface area contributed by atoms with Gasteiger partial charge in [0.25, 0.3) is 5.91 Å². The molecule has 0 heterocycles. The van der Waals surface area contributed by atoms with Gasteiger partial charge in [-0.05, 0) is 37.6 Å². The second kappa shape index (κ2) is 7.99. The molecule has 0 aromatic heterocycles. The standard InChI is InChI=1S/C17H16Cl2N2O2/c1-11-6-7-16(12(2)8-11)23-10-17(22)21-20-9-13-14(18)4-3-5-15(13)19/h3-9H,10H2,1-2H3,(H,21,22). The molecule has 0 unspecified atom stereocenters. The Bertz CT molecular complexity index is 725. The molecule has 0 aliphatic heterocycles. The lowest BCUT2D eigenvalue weighted by Gasteiger charge is -2.08. The van der Waals surface area contributed by atoms with Crippen LogP contribution in [-0.4, -0.2) is 18.7 Å². The van der Waals surface area contributed by atoms with Crippen LogP contribution in [0.4, 0.5) is 0 Å². The Balaban J connectivity index is 1.89. The van der Waals surface area contributed by atoms with Crippen LogP contribution in [0.25, 0.3) is 0 Å². The summed E-state index contributed by atoms with van der Waals surface area (Å²) in [5, 5.41) is 4.76. The first kappa shape index (κ1) is 17.3. The molecule has 2 aromatic carbocycles. The molecule has 2 rings (SSSR count). The number of hydrogen-bond donors (Lipinski definition) is 1. The van der Waals surface area contributed by atoms with Gasteiger partial charge in [0, 0.05) is 5.56 Å². The molecule has 0 fully saturated rings. The van der Waals surface area contributed by atoms with E-state index < -0.39 is 0 Å². The van der Waals surface area contributed by atoms with Crippen LogP contribution in [0.1, 0.15) is 16.7 Å². The maximum absolute atomic E-state index is 11.7. The van der Waals surface area contributed by atoms with E-state index in [-0.39, 0.29) is 12.5 Å². The number of carbonyl (C=O) groups excluding carboxylic acids is 1. The SMILES string of the molecule is Cc1ccc(OCC(=O)NN=Cc2c(Cl)cccc2Cl)c(C)c1. The number of nitrogens with zero attached hydrogens (tertiary/aromatic N) is 1. The van der Waals surface area contributed by atoms with Crippen LogP contribution in [0.3, 0.4) is 0 Å². The summed E-state index contributed by atoms with van der Waals surface area (Å²) in [5.41, 5.74) is 5.04. The highest BCUT2D eigenvalue weighted by Gasteiger charge is 2.05. The van der Waals surface area contributed by atoms with Crippen molar-refractivity contribution < 1.29 is 9.53 Å².